The van der Waals surface area contributed by atoms with Crippen LogP contribution in [-0.4, -0.2) is 19.0 Å². The van der Waals surface area contributed by atoms with E-state index in [2.05, 4.69) is 22.9 Å². The van der Waals surface area contributed by atoms with Gasteiger partial charge in [-0.25, -0.2) is 0 Å². The molecule has 0 aromatic rings. The molecule has 8 atom stereocenters. The lowest BCUT2D eigenvalue weighted by Gasteiger charge is -2.56. The second-order valence-electron chi connectivity index (χ2n) is 9.87. The summed E-state index contributed by atoms with van der Waals surface area (Å²) in [6.07, 6.45) is 15.0. The predicted molar refractivity (Wildman–Crippen MR) is 104 cm³/mol. The summed E-state index contributed by atoms with van der Waals surface area (Å²) < 4.78 is 5.47. The van der Waals surface area contributed by atoms with Gasteiger partial charge in [0.15, 0.2) is 0 Å². The van der Waals surface area contributed by atoms with Crippen molar-refractivity contribution in [2.75, 3.05) is 19.0 Å². The largest absolute Gasteiger partial charge is 0.384 e. The fraction of sp³-hybridized carbons (Fsp3) is 1.00. The Hall–Kier alpha value is 0.440. The Morgan fingerprint density at radius 2 is 1.79 bits per heavy atom. The number of ether oxygens (including phenoxy) is 1. The van der Waals surface area contributed by atoms with E-state index < -0.39 is 0 Å². The van der Waals surface area contributed by atoms with Crippen molar-refractivity contribution in [3.8, 4) is 0 Å². The molecule has 8 unspecified atom stereocenters. The summed E-state index contributed by atoms with van der Waals surface area (Å²) in [5, 5.41) is 1.21. The third-order valence-electron chi connectivity index (χ3n) is 9.12. The molecule has 0 heterocycles. The van der Waals surface area contributed by atoms with E-state index in [0.29, 0.717) is 5.41 Å². The van der Waals surface area contributed by atoms with E-state index >= 15 is 0 Å². The zero-order chi connectivity index (χ0) is 16.7. The Labute approximate surface area is 157 Å². The summed E-state index contributed by atoms with van der Waals surface area (Å²) in [6, 6.07) is 0. The molecule has 0 spiro atoms. The fourth-order valence-corrected chi connectivity index (χ4v) is 8.60. The SMILES string of the molecule is COCC1CCC2C(CCC3C2CCC2(C)C(CCBr)CCC32)C1. The standard InChI is InChI=1S/C22H37BrO/c1-22-11-9-19-18-6-3-15(14-24-2)13-16(18)4-7-20(19)21(22)8-5-17(22)10-12-23/h15-21H,3-14H2,1-2H3. The molecule has 4 aliphatic carbocycles. The van der Waals surface area contributed by atoms with Gasteiger partial charge in [-0.05, 0) is 111 Å². The summed E-state index contributed by atoms with van der Waals surface area (Å²) in [5.41, 5.74) is 0.676. The Kier molecular flexibility index (Phi) is 5.36. The maximum Gasteiger partial charge on any atom is 0.0490 e. The van der Waals surface area contributed by atoms with Gasteiger partial charge in [-0.2, -0.15) is 0 Å². The predicted octanol–water partition coefficient (Wildman–Crippen LogP) is 6.30. The molecule has 0 aromatic carbocycles. The van der Waals surface area contributed by atoms with E-state index in [1.54, 1.807) is 19.3 Å². The minimum Gasteiger partial charge on any atom is -0.384 e. The first kappa shape index (κ1) is 17.8. The number of methoxy groups -OCH3 is 1. The van der Waals surface area contributed by atoms with Crippen molar-refractivity contribution in [2.24, 2.45) is 46.8 Å². The average molecular weight is 397 g/mol. The van der Waals surface area contributed by atoms with Crippen LogP contribution < -0.4 is 0 Å². The minimum absolute atomic E-state index is 0.676. The quantitative estimate of drug-likeness (QED) is 0.506. The van der Waals surface area contributed by atoms with E-state index in [4.69, 9.17) is 4.74 Å². The third kappa shape index (κ3) is 2.92. The van der Waals surface area contributed by atoms with Gasteiger partial charge < -0.3 is 4.74 Å². The smallest absolute Gasteiger partial charge is 0.0490 e. The monoisotopic (exact) mass is 396 g/mol. The molecule has 4 fully saturated rings. The highest BCUT2D eigenvalue weighted by Gasteiger charge is 2.56. The molecule has 24 heavy (non-hydrogen) atoms. The molecule has 0 aromatic heterocycles. The Balaban J connectivity index is 1.46. The number of hydrogen-bond acceptors (Lipinski definition) is 1. The normalized spacial score (nSPS) is 50.9. The topological polar surface area (TPSA) is 9.23 Å². The maximum atomic E-state index is 5.47. The summed E-state index contributed by atoms with van der Waals surface area (Å²) in [6.45, 7) is 3.68. The first-order valence-electron chi connectivity index (χ1n) is 10.7. The lowest BCUT2D eigenvalue weighted by molar-refractivity contribution is -0.0718. The fourth-order valence-electron chi connectivity index (χ4n) is 8.05. The number of rotatable bonds is 4. The molecule has 0 saturated heterocycles. The van der Waals surface area contributed by atoms with Gasteiger partial charge in [0, 0.05) is 19.0 Å². The van der Waals surface area contributed by atoms with Crippen LogP contribution in [0.4, 0.5) is 0 Å². The van der Waals surface area contributed by atoms with Crippen LogP contribution in [0.5, 0.6) is 0 Å². The minimum atomic E-state index is 0.676. The number of halogens is 1. The van der Waals surface area contributed by atoms with Crippen LogP contribution in [0.2, 0.25) is 0 Å². The Bertz CT molecular complexity index is 438. The van der Waals surface area contributed by atoms with E-state index in [1.807, 2.05) is 7.11 Å². The molecule has 0 radical (unpaired) electrons. The molecule has 0 aliphatic heterocycles. The lowest BCUT2D eigenvalue weighted by Crippen LogP contribution is -2.48. The van der Waals surface area contributed by atoms with Gasteiger partial charge in [-0.1, -0.05) is 22.9 Å². The van der Waals surface area contributed by atoms with Crippen LogP contribution >= 0.6 is 15.9 Å². The highest BCUT2D eigenvalue weighted by molar-refractivity contribution is 9.09. The molecule has 0 amide bonds. The molecular weight excluding hydrogens is 360 g/mol. The molecular formula is C22H37BrO. The summed E-state index contributed by atoms with van der Waals surface area (Å²) in [4.78, 5) is 0. The molecule has 4 saturated carbocycles. The van der Waals surface area contributed by atoms with Gasteiger partial charge in [0.05, 0.1) is 0 Å². The van der Waals surface area contributed by atoms with Gasteiger partial charge in [0.25, 0.3) is 0 Å². The summed E-state index contributed by atoms with van der Waals surface area (Å²) in [5.74, 6) is 7.16. The molecule has 0 bridgehead atoms. The first-order valence-corrected chi connectivity index (χ1v) is 11.8. The van der Waals surface area contributed by atoms with Gasteiger partial charge in [0.2, 0.25) is 0 Å². The van der Waals surface area contributed by atoms with Gasteiger partial charge in [-0.15, -0.1) is 0 Å². The van der Waals surface area contributed by atoms with Crippen molar-refractivity contribution in [1.82, 2.24) is 0 Å². The van der Waals surface area contributed by atoms with E-state index in [1.165, 1.54) is 50.3 Å². The first-order chi connectivity index (χ1) is 11.7. The molecule has 4 rings (SSSR count). The Morgan fingerprint density at radius 1 is 0.958 bits per heavy atom. The average Bonchev–Trinajstić information content (AvgIpc) is 2.92. The van der Waals surface area contributed by atoms with Crippen LogP contribution in [0.25, 0.3) is 0 Å². The molecule has 2 heteroatoms. The highest BCUT2D eigenvalue weighted by atomic mass is 79.9. The van der Waals surface area contributed by atoms with E-state index in [9.17, 15) is 0 Å². The van der Waals surface area contributed by atoms with Crippen molar-refractivity contribution in [3.63, 3.8) is 0 Å². The second-order valence-corrected chi connectivity index (χ2v) is 10.7. The van der Waals surface area contributed by atoms with Crippen molar-refractivity contribution >= 4 is 15.9 Å². The third-order valence-corrected chi connectivity index (χ3v) is 9.58. The summed E-state index contributed by atoms with van der Waals surface area (Å²) >= 11 is 3.72. The van der Waals surface area contributed by atoms with Crippen molar-refractivity contribution in [3.05, 3.63) is 0 Å². The van der Waals surface area contributed by atoms with Crippen LogP contribution in [0, 0.1) is 46.8 Å². The zero-order valence-electron chi connectivity index (χ0n) is 15.8. The van der Waals surface area contributed by atoms with Gasteiger partial charge in [0.1, 0.15) is 0 Å². The molecule has 1 nitrogen and oxygen atoms in total. The number of hydrogen-bond donors (Lipinski definition) is 0. The Morgan fingerprint density at radius 3 is 2.58 bits per heavy atom. The maximum absolute atomic E-state index is 5.47. The van der Waals surface area contributed by atoms with Crippen molar-refractivity contribution in [2.45, 2.75) is 71.1 Å². The second kappa shape index (κ2) is 7.22. The molecule has 138 valence electrons. The van der Waals surface area contributed by atoms with Crippen LogP contribution in [0.15, 0.2) is 0 Å². The highest BCUT2D eigenvalue weighted by Crippen LogP contribution is 2.64. The molecule has 4 aliphatic rings. The van der Waals surface area contributed by atoms with Crippen molar-refractivity contribution < 1.29 is 4.74 Å². The summed E-state index contributed by atoms with van der Waals surface area (Å²) in [7, 11) is 1.88. The van der Waals surface area contributed by atoms with Crippen LogP contribution in [0.3, 0.4) is 0 Å². The van der Waals surface area contributed by atoms with Gasteiger partial charge >= 0.3 is 0 Å². The van der Waals surface area contributed by atoms with Crippen LogP contribution in [0.1, 0.15) is 71.1 Å². The lowest BCUT2D eigenvalue weighted by atomic mass is 9.49. The van der Waals surface area contributed by atoms with E-state index in [0.717, 1.165) is 48.0 Å². The van der Waals surface area contributed by atoms with E-state index in [-0.39, 0.29) is 0 Å². The molecule has 0 N–H and O–H groups in total. The van der Waals surface area contributed by atoms with Gasteiger partial charge in [-0.3, -0.25) is 0 Å². The number of fused-ring (bicyclic) bond motifs is 5. The number of alkyl halides is 1. The van der Waals surface area contributed by atoms with Crippen molar-refractivity contribution in [1.29, 1.82) is 0 Å². The zero-order valence-corrected chi connectivity index (χ0v) is 17.4. The van der Waals surface area contributed by atoms with Crippen LogP contribution in [-0.2, 0) is 4.74 Å².